The monoisotopic (exact) mass is 488 g/mol. The molecule has 10 heteroatoms. The van der Waals surface area contributed by atoms with Crippen LogP contribution in [0.3, 0.4) is 0 Å². The van der Waals surface area contributed by atoms with Gasteiger partial charge >= 0.3 is 0 Å². The van der Waals surface area contributed by atoms with Crippen LogP contribution in [0.5, 0.6) is 0 Å². The molecule has 3 heterocycles. The Morgan fingerprint density at radius 1 is 1.15 bits per heavy atom. The second-order valence-electron chi connectivity index (χ2n) is 10.6. The Bertz CT molecular complexity index is 1170. The van der Waals surface area contributed by atoms with Gasteiger partial charge in [-0.05, 0) is 57.8 Å². The van der Waals surface area contributed by atoms with Gasteiger partial charge in [-0.3, -0.25) is 9.48 Å². The van der Waals surface area contributed by atoms with Gasteiger partial charge in [0.15, 0.2) is 0 Å². The number of hydrogen-bond acceptors (Lipinski definition) is 6. The van der Waals surface area contributed by atoms with Gasteiger partial charge in [0.1, 0.15) is 0 Å². The molecule has 3 fully saturated rings. The van der Waals surface area contributed by atoms with Crippen molar-refractivity contribution < 1.29 is 13.2 Å². The number of rotatable bonds is 6. The fraction of sp³-hybridized carbons (Fsp3) is 0.667. The molecule has 0 radical (unpaired) electrons. The maximum Gasteiger partial charge on any atom is 0.241 e. The van der Waals surface area contributed by atoms with Gasteiger partial charge in [0.25, 0.3) is 0 Å². The fourth-order valence-electron chi connectivity index (χ4n) is 5.07. The van der Waals surface area contributed by atoms with Crippen LogP contribution in [-0.4, -0.2) is 73.8 Å². The first-order chi connectivity index (χ1) is 16.2. The number of aromatic nitrogens is 2. The van der Waals surface area contributed by atoms with Gasteiger partial charge in [0, 0.05) is 48.7 Å². The highest BCUT2D eigenvalue weighted by Crippen LogP contribution is 2.38. The summed E-state index contributed by atoms with van der Waals surface area (Å²) in [5, 5.41) is 9.09. The first kappa shape index (κ1) is 23.6. The lowest BCUT2D eigenvalue weighted by Crippen LogP contribution is -2.50. The molecular weight excluding hydrogens is 452 g/mol. The van der Waals surface area contributed by atoms with E-state index in [1.54, 1.807) is 12.1 Å². The number of hydrogen-bond donors (Lipinski definition) is 2. The zero-order valence-corrected chi connectivity index (χ0v) is 21.2. The topological polar surface area (TPSA) is 99.6 Å². The number of piperazine rings is 1. The fourth-order valence-corrected chi connectivity index (χ4v) is 6.57. The molecule has 1 aliphatic carbocycles. The zero-order chi connectivity index (χ0) is 24.1. The lowest BCUT2D eigenvalue weighted by atomic mass is 10.1. The number of benzene rings is 1. The second-order valence-corrected chi connectivity index (χ2v) is 12.3. The van der Waals surface area contributed by atoms with Crippen LogP contribution in [0.4, 0.5) is 5.69 Å². The standard InChI is InChI=1S/C24H36N6O3S/c1-17(2)23(31)29-12-10-28(11-13-29)21-14-19(34(32,33)27-24(3)6-7-24)15-22-20(21)16-26-30(22)18-4-8-25-9-5-18/h14-18,25,27H,4-13H2,1-3H3. The molecule has 2 aromatic rings. The zero-order valence-electron chi connectivity index (χ0n) is 20.4. The summed E-state index contributed by atoms with van der Waals surface area (Å²) in [6.45, 7) is 10.3. The summed E-state index contributed by atoms with van der Waals surface area (Å²) in [5.41, 5.74) is 1.41. The van der Waals surface area contributed by atoms with Gasteiger partial charge in [-0.2, -0.15) is 5.10 Å². The Balaban J connectivity index is 1.52. The summed E-state index contributed by atoms with van der Waals surface area (Å²) in [4.78, 5) is 16.9. The van der Waals surface area contributed by atoms with E-state index in [1.165, 1.54) is 0 Å². The molecule has 1 aromatic heterocycles. The molecule has 0 bridgehead atoms. The van der Waals surface area contributed by atoms with Crippen molar-refractivity contribution in [3.63, 3.8) is 0 Å². The summed E-state index contributed by atoms with van der Waals surface area (Å²) in [6, 6.07) is 3.84. The van der Waals surface area contributed by atoms with E-state index in [9.17, 15) is 13.2 Å². The van der Waals surface area contributed by atoms with Crippen LogP contribution in [0.25, 0.3) is 10.9 Å². The third-order valence-corrected chi connectivity index (χ3v) is 9.06. The van der Waals surface area contributed by atoms with E-state index in [0.29, 0.717) is 31.1 Å². The van der Waals surface area contributed by atoms with Crippen molar-refractivity contribution in [2.24, 2.45) is 5.92 Å². The Kier molecular flexibility index (Phi) is 6.10. The van der Waals surface area contributed by atoms with Crippen molar-refractivity contribution in [1.29, 1.82) is 0 Å². The maximum absolute atomic E-state index is 13.4. The molecule has 1 amide bonds. The van der Waals surface area contributed by atoms with Crippen LogP contribution >= 0.6 is 0 Å². The van der Waals surface area contributed by atoms with E-state index in [4.69, 9.17) is 5.10 Å². The summed E-state index contributed by atoms with van der Waals surface area (Å²) in [6.07, 6.45) is 5.54. The van der Waals surface area contributed by atoms with Crippen molar-refractivity contribution in [1.82, 2.24) is 24.7 Å². The number of nitrogens with zero attached hydrogens (tertiary/aromatic N) is 4. The molecule has 1 saturated carbocycles. The third kappa shape index (κ3) is 4.55. The summed E-state index contributed by atoms with van der Waals surface area (Å²) in [7, 11) is -3.66. The molecule has 186 valence electrons. The van der Waals surface area contributed by atoms with E-state index in [2.05, 4.69) is 14.9 Å². The van der Waals surface area contributed by atoms with Gasteiger partial charge < -0.3 is 15.1 Å². The minimum absolute atomic E-state index is 0.0233. The number of piperidine rings is 1. The van der Waals surface area contributed by atoms with Gasteiger partial charge in [0.2, 0.25) is 15.9 Å². The average Bonchev–Trinajstić information content (AvgIpc) is 3.38. The highest BCUT2D eigenvalue weighted by molar-refractivity contribution is 7.89. The number of fused-ring (bicyclic) bond motifs is 1. The van der Waals surface area contributed by atoms with E-state index in [1.807, 2.05) is 36.5 Å². The van der Waals surface area contributed by atoms with Crippen molar-refractivity contribution >= 4 is 32.5 Å². The first-order valence-corrected chi connectivity index (χ1v) is 13.9. The normalized spacial score (nSPS) is 21.4. The SMILES string of the molecule is CC(C)C(=O)N1CCN(c2cc(S(=O)(=O)NC3(C)CC3)cc3c2cnn3C2CCNCC2)CC1. The molecule has 3 aliphatic rings. The Hall–Kier alpha value is -2.17. The van der Waals surface area contributed by atoms with Crippen molar-refractivity contribution in [2.45, 2.75) is 62.9 Å². The molecule has 0 atom stereocenters. The smallest absolute Gasteiger partial charge is 0.241 e. The number of amides is 1. The van der Waals surface area contributed by atoms with Crippen LogP contribution in [0.15, 0.2) is 23.2 Å². The van der Waals surface area contributed by atoms with Crippen LogP contribution in [0, 0.1) is 5.92 Å². The van der Waals surface area contributed by atoms with Crippen LogP contribution in [0.1, 0.15) is 52.5 Å². The van der Waals surface area contributed by atoms with E-state index in [0.717, 1.165) is 55.4 Å². The Morgan fingerprint density at radius 2 is 1.82 bits per heavy atom. The molecule has 2 N–H and O–H groups in total. The second kappa shape index (κ2) is 8.80. The highest BCUT2D eigenvalue weighted by Gasteiger charge is 2.41. The lowest BCUT2D eigenvalue weighted by Gasteiger charge is -2.37. The van der Waals surface area contributed by atoms with Gasteiger partial charge in [-0.1, -0.05) is 13.8 Å². The summed E-state index contributed by atoms with van der Waals surface area (Å²) >= 11 is 0. The quantitative estimate of drug-likeness (QED) is 0.646. The maximum atomic E-state index is 13.4. The minimum atomic E-state index is -3.66. The minimum Gasteiger partial charge on any atom is -0.367 e. The van der Waals surface area contributed by atoms with E-state index >= 15 is 0 Å². The molecular formula is C24H36N6O3S. The van der Waals surface area contributed by atoms with Crippen molar-refractivity contribution in [2.75, 3.05) is 44.2 Å². The predicted octanol–water partition coefficient (Wildman–Crippen LogP) is 2.10. The van der Waals surface area contributed by atoms with Crippen LogP contribution < -0.4 is 14.9 Å². The highest BCUT2D eigenvalue weighted by atomic mass is 32.2. The number of nitrogens with one attached hydrogen (secondary N) is 2. The Morgan fingerprint density at radius 3 is 2.44 bits per heavy atom. The lowest BCUT2D eigenvalue weighted by molar-refractivity contribution is -0.134. The predicted molar refractivity (Wildman–Crippen MR) is 132 cm³/mol. The van der Waals surface area contributed by atoms with Gasteiger partial charge in [0.05, 0.1) is 22.7 Å². The van der Waals surface area contributed by atoms with E-state index in [-0.39, 0.29) is 23.4 Å². The summed E-state index contributed by atoms with van der Waals surface area (Å²) in [5.74, 6) is 0.145. The molecule has 2 saturated heterocycles. The van der Waals surface area contributed by atoms with Gasteiger partial charge in [-0.15, -0.1) is 0 Å². The molecule has 34 heavy (non-hydrogen) atoms. The first-order valence-electron chi connectivity index (χ1n) is 12.5. The molecule has 0 spiro atoms. The number of carbonyl (C=O) groups is 1. The van der Waals surface area contributed by atoms with Crippen LogP contribution in [-0.2, 0) is 14.8 Å². The third-order valence-electron chi connectivity index (χ3n) is 7.44. The molecule has 0 unspecified atom stereocenters. The molecule has 5 rings (SSSR count). The number of anilines is 1. The van der Waals surface area contributed by atoms with E-state index < -0.39 is 10.0 Å². The molecule has 9 nitrogen and oxygen atoms in total. The average molecular weight is 489 g/mol. The number of carbonyl (C=O) groups excluding carboxylic acids is 1. The van der Waals surface area contributed by atoms with Crippen molar-refractivity contribution in [3.05, 3.63) is 18.3 Å². The van der Waals surface area contributed by atoms with Crippen LogP contribution in [0.2, 0.25) is 0 Å². The molecule has 2 aliphatic heterocycles. The largest absolute Gasteiger partial charge is 0.367 e. The molecule has 1 aromatic carbocycles. The van der Waals surface area contributed by atoms with Crippen molar-refractivity contribution in [3.8, 4) is 0 Å². The summed E-state index contributed by atoms with van der Waals surface area (Å²) < 4.78 is 31.7. The number of sulfonamides is 1. The Labute approximate surface area is 201 Å². The van der Waals surface area contributed by atoms with Gasteiger partial charge in [-0.25, -0.2) is 13.1 Å².